The van der Waals surface area contributed by atoms with E-state index in [2.05, 4.69) is 16.8 Å². The predicted octanol–water partition coefficient (Wildman–Crippen LogP) is 4.07. The maximum absolute atomic E-state index is 13.3. The average molecular weight is 279 g/mol. The molecular weight excluding hydrogens is 263 g/mol. The van der Waals surface area contributed by atoms with Crippen LogP contribution in [-0.4, -0.2) is 16.9 Å². The maximum atomic E-state index is 13.3. The molecule has 19 heavy (non-hydrogen) atoms. The largest absolute Gasteiger partial charge is 0.295 e. The number of hydrogen-bond acceptors (Lipinski definition) is 2. The summed E-state index contributed by atoms with van der Waals surface area (Å²) in [5.74, 6) is -0.299. The van der Waals surface area contributed by atoms with Crippen molar-refractivity contribution in [3.8, 4) is 0 Å². The van der Waals surface area contributed by atoms with Crippen molar-refractivity contribution in [3.63, 3.8) is 0 Å². The maximum Gasteiger partial charge on any atom is 0.125 e. The van der Waals surface area contributed by atoms with Crippen LogP contribution in [0.25, 0.3) is 0 Å². The minimum atomic E-state index is -0.299. The quantitative estimate of drug-likeness (QED) is 0.838. The van der Waals surface area contributed by atoms with Crippen molar-refractivity contribution in [3.05, 3.63) is 64.7 Å². The first kappa shape index (κ1) is 14.0. The number of halogens is 2. The molecule has 1 aromatic carbocycles. The van der Waals surface area contributed by atoms with Crippen LogP contribution >= 0.6 is 11.6 Å². The van der Waals surface area contributed by atoms with Crippen molar-refractivity contribution in [1.82, 2.24) is 9.88 Å². The van der Waals surface area contributed by atoms with Crippen LogP contribution in [0.5, 0.6) is 0 Å². The minimum absolute atomic E-state index is 0.227. The van der Waals surface area contributed by atoms with Gasteiger partial charge in [0.1, 0.15) is 5.82 Å². The first-order valence-electron chi connectivity index (χ1n) is 6.11. The Hall–Kier alpha value is -1.45. The zero-order chi connectivity index (χ0) is 13.8. The van der Waals surface area contributed by atoms with Crippen LogP contribution in [0.4, 0.5) is 4.39 Å². The standard InChI is InChI=1S/C15H16ClFN2/c1-11(13-3-5-18-6-4-13)19(2)10-12-7-14(16)9-15(17)8-12/h3-9,11H,10H2,1-2H3. The third-order valence-corrected chi connectivity index (χ3v) is 3.42. The van der Waals surface area contributed by atoms with Gasteiger partial charge in [0.25, 0.3) is 0 Å². The Morgan fingerprint density at radius 1 is 1.26 bits per heavy atom. The van der Waals surface area contributed by atoms with Gasteiger partial charge in [0.05, 0.1) is 0 Å². The van der Waals surface area contributed by atoms with E-state index < -0.39 is 0 Å². The van der Waals surface area contributed by atoms with Crippen molar-refractivity contribution in [1.29, 1.82) is 0 Å². The summed E-state index contributed by atoms with van der Waals surface area (Å²) >= 11 is 5.86. The summed E-state index contributed by atoms with van der Waals surface area (Å²) in [5, 5.41) is 0.431. The summed E-state index contributed by atoms with van der Waals surface area (Å²) in [6, 6.07) is 8.82. The molecule has 100 valence electrons. The van der Waals surface area contributed by atoms with Crippen LogP contribution < -0.4 is 0 Å². The van der Waals surface area contributed by atoms with E-state index in [0.717, 1.165) is 5.56 Å². The molecular formula is C15H16ClFN2. The molecule has 4 heteroatoms. The van der Waals surface area contributed by atoms with E-state index in [1.165, 1.54) is 17.7 Å². The molecule has 1 aromatic heterocycles. The fraction of sp³-hybridized carbons (Fsp3) is 0.267. The second-order valence-corrected chi connectivity index (χ2v) is 5.09. The Balaban J connectivity index is 2.10. The topological polar surface area (TPSA) is 16.1 Å². The van der Waals surface area contributed by atoms with E-state index in [1.54, 1.807) is 18.5 Å². The Morgan fingerprint density at radius 3 is 2.58 bits per heavy atom. The van der Waals surface area contributed by atoms with E-state index in [9.17, 15) is 4.39 Å². The number of pyridine rings is 1. The van der Waals surface area contributed by atoms with Crippen LogP contribution in [0.1, 0.15) is 24.1 Å². The highest BCUT2D eigenvalue weighted by atomic mass is 35.5. The third kappa shape index (κ3) is 3.75. The van der Waals surface area contributed by atoms with E-state index in [1.807, 2.05) is 19.2 Å². The number of hydrogen-bond donors (Lipinski definition) is 0. The average Bonchev–Trinajstić information content (AvgIpc) is 2.37. The molecule has 0 saturated heterocycles. The number of benzene rings is 1. The van der Waals surface area contributed by atoms with Crippen LogP contribution in [0.2, 0.25) is 5.02 Å². The van der Waals surface area contributed by atoms with Crippen molar-refractivity contribution in [2.45, 2.75) is 19.5 Å². The molecule has 1 unspecified atom stereocenters. The lowest BCUT2D eigenvalue weighted by Crippen LogP contribution is -2.22. The smallest absolute Gasteiger partial charge is 0.125 e. The van der Waals surface area contributed by atoms with Gasteiger partial charge in [0.2, 0.25) is 0 Å². The van der Waals surface area contributed by atoms with Gasteiger partial charge in [-0.2, -0.15) is 0 Å². The first-order chi connectivity index (χ1) is 9.06. The third-order valence-electron chi connectivity index (χ3n) is 3.20. The Morgan fingerprint density at radius 2 is 1.95 bits per heavy atom. The molecule has 2 aromatic rings. The highest BCUT2D eigenvalue weighted by molar-refractivity contribution is 6.30. The number of nitrogens with zero attached hydrogens (tertiary/aromatic N) is 2. The van der Waals surface area contributed by atoms with Crippen molar-refractivity contribution >= 4 is 11.6 Å². The molecule has 0 spiro atoms. The second kappa shape index (κ2) is 6.13. The Labute approximate surface area is 117 Å². The normalized spacial score (nSPS) is 12.7. The van der Waals surface area contributed by atoms with Gasteiger partial charge in [-0.25, -0.2) is 4.39 Å². The van der Waals surface area contributed by atoms with Gasteiger partial charge in [0, 0.05) is 30.0 Å². The van der Waals surface area contributed by atoms with Crippen LogP contribution in [0, 0.1) is 5.82 Å². The molecule has 0 bridgehead atoms. The Bertz CT molecular complexity index is 525. The monoisotopic (exact) mass is 278 g/mol. The summed E-state index contributed by atoms with van der Waals surface area (Å²) in [5.41, 5.74) is 2.05. The molecule has 0 amide bonds. The summed E-state index contributed by atoms with van der Waals surface area (Å²) in [4.78, 5) is 6.15. The summed E-state index contributed by atoms with van der Waals surface area (Å²) in [6.07, 6.45) is 3.55. The lowest BCUT2D eigenvalue weighted by molar-refractivity contribution is 0.252. The van der Waals surface area contributed by atoms with Crippen molar-refractivity contribution in [2.75, 3.05) is 7.05 Å². The van der Waals surface area contributed by atoms with Crippen LogP contribution in [-0.2, 0) is 6.54 Å². The van der Waals surface area contributed by atoms with E-state index in [-0.39, 0.29) is 11.9 Å². The lowest BCUT2D eigenvalue weighted by Gasteiger charge is -2.25. The summed E-state index contributed by atoms with van der Waals surface area (Å²) < 4.78 is 13.3. The zero-order valence-corrected chi connectivity index (χ0v) is 11.7. The van der Waals surface area contributed by atoms with E-state index in [0.29, 0.717) is 11.6 Å². The molecule has 2 nitrogen and oxygen atoms in total. The van der Waals surface area contributed by atoms with Crippen LogP contribution in [0.3, 0.4) is 0 Å². The Kier molecular flexibility index (Phi) is 4.51. The van der Waals surface area contributed by atoms with Gasteiger partial charge in [0.15, 0.2) is 0 Å². The van der Waals surface area contributed by atoms with Gasteiger partial charge in [-0.3, -0.25) is 9.88 Å². The summed E-state index contributed by atoms with van der Waals surface area (Å²) in [6.45, 7) is 2.75. The molecule has 1 atom stereocenters. The first-order valence-corrected chi connectivity index (χ1v) is 6.49. The van der Waals surface area contributed by atoms with Crippen LogP contribution in [0.15, 0.2) is 42.7 Å². The SMILES string of the molecule is CC(c1ccncc1)N(C)Cc1cc(F)cc(Cl)c1. The molecule has 1 heterocycles. The summed E-state index contributed by atoms with van der Waals surface area (Å²) in [7, 11) is 2.00. The van der Waals surface area contributed by atoms with E-state index >= 15 is 0 Å². The molecule has 0 aliphatic heterocycles. The van der Waals surface area contributed by atoms with Gasteiger partial charge in [-0.15, -0.1) is 0 Å². The molecule has 2 rings (SSSR count). The second-order valence-electron chi connectivity index (χ2n) is 4.65. The zero-order valence-electron chi connectivity index (χ0n) is 11.0. The fourth-order valence-electron chi connectivity index (χ4n) is 2.02. The highest BCUT2D eigenvalue weighted by Gasteiger charge is 2.12. The minimum Gasteiger partial charge on any atom is -0.295 e. The van der Waals surface area contributed by atoms with Gasteiger partial charge >= 0.3 is 0 Å². The fourth-order valence-corrected chi connectivity index (χ4v) is 2.27. The lowest BCUT2D eigenvalue weighted by atomic mass is 10.1. The molecule has 0 aliphatic carbocycles. The molecule has 0 aliphatic rings. The number of rotatable bonds is 4. The van der Waals surface area contributed by atoms with Crippen molar-refractivity contribution < 1.29 is 4.39 Å². The van der Waals surface area contributed by atoms with Crippen molar-refractivity contribution in [2.24, 2.45) is 0 Å². The number of aromatic nitrogens is 1. The molecule has 0 saturated carbocycles. The van der Waals surface area contributed by atoms with Gasteiger partial charge in [-0.05, 0) is 55.4 Å². The van der Waals surface area contributed by atoms with Gasteiger partial charge in [-0.1, -0.05) is 11.6 Å². The molecule has 0 N–H and O–H groups in total. The highest BCUT2D eigenvalue weighted by Crippen LogP contribution is 2.21. The molecule has 0 fully saturated rings. The molecule has 0 radical (unpaired) electrons. The van der Waals surface area contributed by atoms with E-state index in [4.69, 9.17) is 11.6 Å². The van der Waals surface area contributed by atoms with Gasteiger partial charge < -0.3 is 0 Å². The predicted molar refractivity (Wildman–Crippen MR) is 75.5 cm³/mol.